The van der Waals surface area contributed by atoms with Gasteiger partial charge in [0.05, 0.1) is 5.75 Å². The molecule has 84 valence electrons. The van der Waals surface area contributed by atoms with Gasteiger partial charge in [-0.1, -0.05) is 20.3 Å². The third kappa shape index (κ3) is 2.70. The maximum absolute atomic E-state index is 11.9. The van der Waals surface area contributed by atoms with Crippen molar-refractivity contribution >= 4 is 10.0 Å². The molecule has 0 bridgehead atoms. The van der Waals surface area contributed by atoms with Crippen LogP contribution in [0.15, 0.2) is 0 Å². The second-order valence-corrected chi connectivity index (χ2v) is 6.03. The lowest BCUT2D eigenvalue weighted by Crippen LogP contribution is -2.36. The van der Waals surface area contributed by atoms with Crippen LogP contribution in [-0.4, -0.2) is 31.1 Å². The summed E-state index contributed by atoms with van der Waals surface area (Å²) < 4.78 is 25.5. The van der Waals surface area contributed by atoms with Crippen molar-refractivity contribution in [2.45, 2.75) is 52.0 Å². The monoisotopic (exact) mass is 219 g/mol. The van der Waals surface area contributed by atoms with E-state index in [1.165, 1.54) is 0 Å². The molecular formula is C10H21NO2S. The van der Waals surface area contributed by atoms with Crippen LogP contribution in [0.25, 0.3) is 0 Å². The van der Waals surface area contributed by atoms with Gasteiger partial charge in [-0.15, -0.1) is 0 Å². The van der Waals surface area contributed by atoms with Gasteiger partial charge in [-0.05, 0) is 25.7 Å². The Balaban J connectivity index is 2.61. The highest BCUT2D eigenvalue weighted by Crippen LogP contribution is 2.23. The molecule has 1 heterocycles. The first-order valence-electron chi connectivity index (χ1n) is 5.61. The van der Waals surface area contributed by atoms with E-state index in [1.807, 2.05) is 6.92 Å². The number of hydrogen-bond donors (Lipinski definition) is 0. The van der Waals surface area contributed by atoms with Gasteiger partial charge in [0, 0.05) is 12.6 Å². The fraction of sp³-hybridized carbons (Fsp3) is 1.00. The van der Waals surface area contributed by atoms with Crippen LogP contribution in [0.1, 0.15) is 46.0 Å². The van der Waals surface area contributed by atoms with Gasteiger partial charge in [-0.2, -0.15) is 4.31 Å². The predicted octanol–water partition coefficient (Wildman–Crippen LogP) is 1.99. The molecule has 0 radical (unpaired) electrons. The summed E-state index contributed by atoms with van der Waals surface area (Å²) in [6.07, 6.45) is 4.76. The third-order valence-corrected chi connectivity index (χ3v) is 4.91. The molecule has 1 saturated heterocycles. The van der Waals surface area contributed by atoms with E-state index in [0.29, 0.717) is 5.75 Å². The lowest BCUT2D eigenvalue weighted by molar-refractivity contribution is 0.379. The molecule has 1 aliphatic rings. The fourth-order valence-corrected chi connectivity index (χ4v) is 4.03. The van der Waals surface area contributed by atoms with Crippen molar-refractivity contribution in [1.29, 1.82) is 0 Å². The smallest absolute Gasteiger partial charge is 0.212 e. The first-order chi connectivity index (χ1) is 6.61. The summed E-state index contributed by atoms with van der Waals surface area (Å²) >= 11 is 0. The molecule has 0 amide bonds. The van der Waals surface area contributed by atoms with Crippen LogP contribution < -0.4 is 0 Å². The number of hydrogen-bond acceptors (Lipinski definition) is 2. The van der Waals surface area contributed by atoms with Gasteiger partial charge in [-0.25, -0.2) is 8.42 Å². The minimum absolute atomic E-state index is 0.275. The molecule has 0 aromatic rings. The molecule has 1 rings (SSSR count). The highest BCUT2D eigenvalue weighted by atomic mass is 32.2. The van der Waals surface area contributed by atoms with Gasteiger partial charge in [0.25, 0.3) is 0 Å². The Morgan fingerprint density at radius 3 is 2.64 bits per heavy atom. The minimum Gasteiger partial charge on any atom is -0.212 e. The van der Waals surface area contributed by atoms with Crippen LogP contribution in [0.3, 0.4) is 0 Å². The molecule has 0 aliphatic carbocycles. The molecule has 1 fully saturated rings. The Morgan fingerprint density at radius 1 is 1.36 bits per heavy atom. The van der Waals surface area contributed by atoms with Crippen molar-refractivity contribution in [3.05, 3.63) is 0 Å². The molecule has 0 saturated carbocycles. The lowest BCUT2D eigenvalue weighted by atomic mass is 10.2. The average molecular weight is 219 g/mol. The zero-order chi connectivity index (χ0) is 10.6. The Kier molecular flexibility index (Phi) is 4.38. The van der Waals surface area contributed by atoms with Crippen LogP contribution >= 0.6 is 0 Å². The molecular weight excluding hydrogens is 198 g/mol. The number of nitrogens with zero attached hydrogens (tertiary/aromatic N) is 1. The van der Waals surface area contributed by atoms with Crippen molar-refractivity contribution in [2.75, 3.05) is 12.3 Å². The summed E-state index contributed by atoms with van der Waals surface area (Å²) in [4.78, 5) is 0. The molecule has 0 aromatic carbocycles. The van der Waals surface area contributed by atoms with Gasteiger partial charge in [0.1, 0.15) is 0 Å². The number of unbranched alkanes of at least 4 members (excludes halogenated alkanes) is 1. The van der Waals surface area contributed by atoms with E-state index in [9.17, 15) is 8.42 Å². The SMILES string of the molecule is CCCCS(=O)(=O)N1CCCC1CC. The van der Waals surface area contributed by atoms with Gasteiger partial charge >= 0.3 is 0 Å². The second-order valence-electron chi connectivity index (χ2n) is 3.98. The fourth-order valence-electron chi connectivity index (χ4n) is 2.03. The van der Waals surface area contributed by atoms with Crippen LogP contribution in [0.5, 0.6) is 0 Å². The summed E-state index contributed by atoms with van der Waals surface area (Å²) in [6, 6.07) is 0.275. The summed E-state index contributed by atoms with van der Waals surface area (Å²) in [5.74, 6) is 0.333. The molecule has 14 heavy (non-hydrogen) atoms. The van der Waals surface area contributed by atoms with E-state index in [0.717, 1.165) is 38.6 Å². The molecule has 1 aliphatic heterocycles. The Morgan fingerprint density at radius 2 is 2.07 bits per heavy atom. The van der Waals surface area contributed by atoms with Crippen molar-refractivity contribution in [3.63, 3.8) is 0 Å². The van der Waals surface area contributed by atoms with Gasteiger partial charge in [-0.3, -0.25) is 0 Å². The van der Waals surface area contributed by atoms with Crippen LogP contribution in [0.2, 0.25) is 0 Å². The maximum Gasteiger partial charge on any atom is 0.214 e. The quantitative estimate of drug-likeness (QED) is 0.709. The van der Waals surface area contributed by atoms with E-state index in [2.05, 4.69) is 6.92 Å². The van der Waals surface area contributed by atoms with Crippen molar-refractivity contribution in [2.24, 2.45) is 0 Å². The summed E-state index contributed by atoms with van der Waals surface area (Å²) in [5, 5.41) is 0. The molecule has 0 N–H and O–H groups in total. The Hall–Kier alpha value is -0.0900. The Labute approximate surface area is 87.5 Å². The van der Waals surface area contributed by atoms with Gasteiger partial charge in [0.2, 0.25) is 10.0 Å². The van der Waals surface area contributed by atoms with Crippen LogP contribution in [0.4, 0.5) is 0 Å². The first-order valence-corrected chi connectivity index (χ1v) is 7.22. The minimum atomic E-state index is -2.95. The number of rotatable bonds is 5. The lowest BCUT2D eigenvalue weighted by Gasteiger charge is -2.22. The largest absolute Gasteiger partial charge is 0.214 e. The van der Waals surface area contributed by atoms with E-state index >= 15 is 0 Å². The highest BCUT2D eigenvalue weighted by Gasteiger charge is 2.32. The van der Waals surface area contributed by atoms with Gasteiger partial charge in [0.15, 0.2) is 0 Å². The van der Waals surface area contributed by atoms with Crippen LogP contribution in [-0.2, 0) is 10.0 Å². The van der Waals surface area contributed by atoms with Crippen LogP contribution in [0, 0.1) is 0 Å². The third-order valence-electron chi connectivity index (χ3n) is 2.91. The molecule has 0 spiro atoms. The maximum atomic E-state index is 11.9. The summed E-state index contributed by atoms with van der Waals surface area (Å²) in [5.41, 5.74) is 0. The molecule has 4 heteroatoms. The van der Waals surface area contributed by atoms with E-state index < -0.39 is 10.0 Å². The zero-order valence-corrected chi connectivity index (χ0v) is 10.0. The van der Waals surface area contributed by atoms with E-state index in [1.54, 1.807) is 4.31 Å². The van der Waals surface area contributed by atoms with Crippen molar-refractivity contribution in [1.82, 2.24) is 4.31 Å². The molecule has 1 unspecified atom stereocenters. The standard InChI is InChI=1S/C10H21NO2S/c1-3-5-9-14(12,13)11-8-6-7-10(11)4-2/h10H,3-9H2,1-2H3. The van der Waals surface area contributed by atoms with E-state index in [-0.39, 0.29) is 6.04 Å². The van der Waals surface area contributed by atoms with Gasteiger partial charge < -0.3 is 0 Å². The molecule has 0 aromatic heterocycles. The average Bonchev–Trinajstić information content (AvgIpc) is 2.63. The zero-order valence-electron chi connectivity index (χ0n) is 9.20. The first kappa shape index (κ1) is 12.0. The summed E-state index contributed by atoms with van der Waals surface area (Å²) in [7, 11) is -2.95. The normalized spacial score (nSPS) is 24.3. The highest BCUT2D eigenvalue weighted by molar-refractivity contribution is 7.89. The van der Waals surface area contributed by atoms with E-state index in [4.69, 9.17) is 0 Å². The molecule has 1 atom stereocenters. The number of sulfonamides is 1. The van der Waals surface area contributed by atoms with Crippen molar-refractivity contribution < 1.29 is 8.42 Å². The second kappa shape index (κ2) is 5.12. The Bertz CT molecular complexity index is 261. The van der Waals surface area contributed by atoms with Crippen molar-refractivity contribution in [3.8, 4) is 0 Å². The summed E-state index contributed by atoms with van der Waals surface area (Å²) in [6.45, 7) is 4.83. The molecule has 3 nitrogen and oxygen atoms in total. The predicted molar refractivity (Wildman–Crippen MR) is 58.7 cm³/mol. The topological polar surface area (TPSA) is 37.4 Å².